The molecule has 4 heterocycles. The number of hydrogen-bond donors (Lipinski definition) is 2. The van der Waals surface area contributed by atoms with E-state index in [2.05, 4.69) is 30.2 Å². The van der Waals surface area contributed by atoms with Crippen LogP contribution in [0, 0.1) is 11.7 Å². The Kier molecular flexibility index (Phi) is 6.26. The highest BCUT2D eigenvalue weighted by Gasteiger charge is 2.41. The fourth-order valence-corrected chi connectivity index (χ4v) is 5.44. The minimum Gasteiger partial charge on any atom is -0.493 e. The van der Waals surface area contributed by atoms with Crippen LogP contribution >= 0.6 is 0 Å². The minimum atomic E-state index is -0.384. The van der Waals surface area contributed by atoms with Crippen LogP contribution in [0.4, 0.5) is 14.6 Å². The lowest BCUT2D eigenvalue weighted by molar-refractivity contribution is -0.119. The second-order valence-electron chi connectivity index (χ2n) is 9.64. The number of benzene rings is 1. The number of aromatic amines is 1. The number of allylic oxidation sites excluding steroid dienone is 3. The Morgan fingerprint density at radius 2 is 2.03 bits per heavy atom. The van der Waals surface area contributed by atoms with E-state index in [1.165, 1.54) is 24.5 Å². The molecule has 11 heteroatoms. The third-order valence-corrected chi connectivity index (χ3v) is 7.33. The van der Waals surface area contributed by atoms with Gasteiger partial charge in [-0.25, -0.2) is 23.7 Å². The number of hydrogen-bond acceptors (Lipinski definition) is 7. The largest absolute Gasteiger partial charge is 0.493 e. The molecule has 9 nitrogen and oxygen atoms in total. The molecular weight excluding hydrogens is 492 g/mol. The Hall–Kier alpha value is -4.28. The molecule has 1 amide bonds. The predicted octanol–water partition coefficient (Wildman–Crippen LogP) is 3.71. The molecule has 1 saturated heterocycles. The molecule has 3 aliphatic rings. The van der Waals surface area contributed by atoms with Gasteiger partial charge in [0.1, 0.15) is 41.6 Å². The first-order chi connectivity index (χ1) is 18.5. The number of nitrogens with zero attached hydrogens (tertiary/aromatic N) is 5. The summed E-state index contributed by atoms with van der Waals surface area (Å²) in [5.41, 5.74) is 3.30. The Bertz CT molecular complexity index is 1460. The van der Waals surface area contributed by atoms with Gasteiger partial charge in [-0.15, -0.1) is 0 Å². The van der Waals surface area contributed by atoms with Gasteiger partial charge in [-0.05, 0) is 42.7 Å². The molecule has 1 aliphatic carbocycles. The lowest BCUT2D eigenvalue weighted by Crippen LogP contribution is -2.34. The molecule has 0 radical (unpaired) electrons. The summed E-state index contributed by atoms with van der Waals surface area (Å²) < 4.78 is 34.0. The van der Waals surface area contributed by atoms with Crippen LogP contribution in [0.1, 0.15) is 24.8 Å². The molecule has 1 aromatic carbocycles. The number of ether oxygens (including phenoxy) is 1. The number of aromatic nitrogens is 4. The monoisotopic (exact) mass is 519 g/mol. The molecule has 6 rings (SSSR count). The standard InChI is InChI=1S/C27H27F2N7O2/c1-35-21-9-8-18(29)11-20(21)24(23(35)27(37)30-12-16-4-6-17(28)7-5-16)38-13-19-3-2-10-36(19)26-22-25(32-14-31-22)33-15-34-26/h4-9,14-15,19-20H,2-3,10-13H2,1H3,(H,30,37)(H,31,32,33,34). The molecule has 196 valence electrons. The number of imidazole rings is 1. The highest BCUT2D eigenvalue weighted by Crippen LogP contribution is 2.43. The molecule has 0 bridgehead atoms. The van der Waals surface area contributed by atoms with Crippen LogP contribution in [0.3, 0.4) is 0 Å². The molecule has 2 atom stereocenters. The number of halogens is 2. The van der Waals surface area contributed by atoms with Crippen molar-refractivity contribution < 1.29 is 18.3 Å². The quantitative estimate of drug-likeness (QED) is 0.491. The first kappa shape index (κ1) is 24.1. The number of carbonyl (C=O) groups is 1. The summed E-state index contributed by atoms with van der Waals surface area (Å²) in [7, 11) is 1.79. The van der Waals surface area contributed by atoms with E-state index in [1.807, 2.05) is 0 Å². The fourth-order valence-electron chi connectivity index (χ4n) is 5.44. The normalized spacial score (nSPS) is 21.0. The van der Waals surface area contributed by atoms with Gasteiger partial charge in [-0.2, -0.15) is 0 Å². The Morgan fingerprint density at radius 1 is 1.18 bits per heavy atom. The second-order valence-corrected chi connectivity index (χ2v) is 9.64. The average Bonchev–Trinajstić information content (AvgIpc) is 3.65. The van der Waals surface area contributed by atoms with Gasteiger partial charge >= 0.3 is 0 Å². The maximum Gasteiger partial charge on any atom is 0.271 e. The van der Waals surface area contributed by atoms with Gasteiger partial charge in [0, 0.05) is 32.3 Å². The maximum atomic E-state index is 14.4. The zero-order valence-corrected chi connectivity index (χ0v) is 20.8. The number of H-pyrrole nitrogens is 1. The summed E-state index contributed by atoms with van der Waals surface area (Å²) in [4.78, 5) is 33.4. The Labute approximate surface area is 217 Å². The fraction of sp³-hybridized carbons (Fsp3) is 0.333. The van der Waals surface area contributed by atoms with Crippen molar-refractivity contribution in [2.75, 3.05) is 25.1 Å². The summed E-state index contributed by atoms with van der Waals surface area (Å²) in [6, 6.07) is 5.97. The van der Waals surface area contributed by atoms with Crippen molar-refractivity contribution in [1.82, 2.24) is 30.2 Å². The van der Waals surface area contributed by atoms with Crippen LogP contribution in [-0.2, 0) is 16.1 Å². The van der Waals surface area contributed by atoms with Gasteiger partial charge < -0.3 is 24.8 Å². The molecule has 2 aromatic heterocycles. The van der Waals surface area contributed by atoms with Gasteiger partial charge in [0.25, 0.3) is 5.91 Å². The molecule has 38 heavy (non-hydrogen) atoms. The second kappa shape index (κ2) is 9.88. The first-order valence-corrected chi connectivity index (χ1v) is 12.6. The van der Waals surface area contributed by atoms with E-state index >= 15 is 0 Å². The van der Waals surface area contributed by atoms with Gasteiger partial charge in [0.05, 0.1) is 18.3 Å². The third-order valence-electron chi connectivity index (χ3n) is 7.33. The van der Waals surface area contributed by atoms with E-state index in [9.17, 15) is 13.6 Å². The van der Waals surface area contributed by atoms with Gasteiger partial charge in [-0.1, -0.05) is 12.1 Å². The lowest BCUT2D eigenvalue weighted by Gasteiger charge is -2.27. The van der Waals surface area contributed by atoms with Gasteiger partial charge in [0.15, 0.2) is 11.5 Å². The summed E-state index contributed by atoms with van der Waals surface area (Å²) in [6.07, 6.45) is 8.21. The number of carbonyl (C=O) groups excluding carboxylic acids is 1. The maximum absolute atomic E-state index is 14.4. The smallest absolute Gasteiger partial charge is 0.271 e. The first-order valence-electron chi connectivity index (χ1n) is 12.6. The predicted molar refractivity (Wildman–Crippen MR) is 136 cm³/mol. The van der Waals surface area contributed by atoms with Crippen LogP contribution in [0.15, 0.2) is 72.1 Å². The number of anilines is 1. The average molecular weight is 520 g/mol. The number of nitrogens with one attached hydrogen (secondary N) is 2. The van der Waals surface area contributed by atoms with E-state index < -0.39 is 0 Å². The highest BCUT2D eigenvalue weighted by atomic mass is 19.1. The van der Waals surface area contributed by atoms with Crippen molar-refractivity contribution in [2.24, 2.45) is 5.92 Å². The van der Waals surface area contributed by atoms with E-state index in [0.717, 1.165) is 42.0 Å². The molecule has 0 saturated carbocycles. The zero-order valence-electron chi connectivity index (χ0n) is 20.8. The van der Waals surface area contributed by atoms with Crippen LogP contribution in [0.25, 0.3) is 11.2 Å². The van der Waals surface area contributed by atoms with Crippen molar-refractivity contribution >= 4 is 22.9 Å². The minimum absolute atomic E-state index is 0.00902. The van der Waals surface area contributed by atoms with Crippen molar-refractivity contribution in [1.29, 1.82) is 0 Å². The van der Waals surface area contributed by atoms with Crippen molar-refractivity contribution in [3.05, 3.63) is 83.4 Å². The van der Waals surface area contributed by atoms with Crippen molar-refractivity contribution in [3.8, 4) is 0 Å². The molecule has 2 N–H and O–H groups in total. The number of amides is 1. The summed E-state index contributed by atoms with van der Waals surface area (Å²) in [5.74, 6) is -0.0898. The summed E-state index contributed by atoms with van der Waals surface area (Å²) in [5, 5.41) is 2.90. The van der Waals surface area contributed by atoms with Crippen molar-refractivity contribution in [3.63, 3.8) is 0 Å². The number of likely N-dealkylation sites (N-methyl/N-ethyl adjacent to an activating group) is 1. The highest BCUT2D eigenvalue weighted by molar-refractivity contribution is 5.94. The Morgan fingerprint density at radius 3 is 2.87 bits per heavy atom. The van der Waals surface area contributed by atoms with Crippen molar-refractivity contribution in [2.45, 2.75) is 31.8 Å². The molecule has 0 spiro atoms. The van der Waals surface area contributed by atoms with Crippen LogP contribution in [0.5, 0.6) is 0 Å². The van der Waals surface area contributed by atoms with Crippen LogP contribution in [0.2, 0.25) is 0 Å². The van der Waals surface area contributed by atoms with Crippen LogP contribution in [-0.4, -0.2) is 57.0 Å². The molecule has 3 aromatic rings. The van der Waals surface area contributed by atoms with E-state index in [4.69, 9.17) is 4.74 Å². The Balaban J connectivity index is 1.24. The van der Waals surface area contributed by atoms with E-state index in [0.29, 0.717) is 23.7 Å². The molecule has 2 aliphatic heterocycles. The summed E-state index contributed by atoms with van der Waals surface area (Å²) in [6.45, 7) is 1.34. The third kappa shape index (κ3) is 4.37. The van der Waals surface area contributed by atoms with E-state index in [1.54, 1.807) is 36.5 Å². The van der Waals surface area contributed by atoms with Gasteiger partial charge in [0.2, 0.25) is 0 Å². The van der Waals surface area contributed by atoms with Crippen LogP contribution < -0.4 is 10.2 Å². The topological polar surface area (TPSA) is 99.3 Å². The summed E-state index contributed by atoms with van der Waals surface area (Å²) >= 11 is 0. The number of rotatable bonds is 7. The van der Waals surface area contributed by atoms with E-state index in [-0.39, 0.29) is 42.5 Å². The lowest BCUT2D eigenvalue weighted by atomic mass is 9.96. The zero-order chi connectivity index (χ0) is 26.2. The number of fused-ring (bicyclic) bond motifs is 2. The van der Waals surface area contributed by atoms with Gasteiger partial charge in [-0.3, -0.25) is 4.79 Å². The molecule has 1 fully saturated rings. The SMILES string of the molecule is CN1C2=CC=C(F)CC2C(OCC2CCCN2c2ncnc3nc[nH]c23)=C1C(=O)NCc1ccc(F)cc1. The molecular formula is C27H27F2N7O2. The molecule has 2 unspecified atom stereocenters.